The first-order valence-corrected chi connectivity index (χ1v) is 17.0. The average molecular weight is 706 g/mol. The highest BCUT2D eigenvalue weighted by molar-refractivity contribution is 9.11. The molecule has 0 saturated carbocycles. The Morgan fingerprint density at radius 2 is 1.84 bits per heavy atom. The van der Waals surface area contributed by atoms with Crippen molar-refractivity contribution in [1.82, 2.24) is 4.90 Å². The summed E-state index contributed by atoms with van der Waals surface area (Å²) < 4.78 is 6.37. The second kappa shape index (κ2) is 22.4. The van der Waals surface area contributed by atoms with Gasteiger partial charge in [-0.15, -0.1) is 11.3 Å². The van der Waals surface area contributed by atoms with E-state index in [0.29, 0.717) is 30.3 Å². The van der Waals surface area contributed by atoms with Crippen molar-refractivity contribution in [2.45, 2.75) is 99.5 Å². The predicted octanol–water partition coefficient (Wildman–Crippen LogP) is 8.76. The van der Waals surface area contributed by atoms with E-state index in [-0.39, 0.29) is 23.7 Å². The van der Waals surface area contributed by atoms with Crippen LogP contribution in [0, 0.1) is 5.92 Å². The standard InChI is InChI=1S/C16H25NO3.C9H11BrN2.C8H11NOS.C2H6/c1-6-7-12(2)8-9-14(18)17-10-13(11-17)15(19)20-16(3,4)5;1-2-3-4-9-11-6-5-8(10)7-12-9;1-5(2)6-3-4-7(11-6)8(9)10;1-2/h6-7,13H,1,8-11H2,2-5H3;2-3,6-7H,4-5H2,1H3;3-5H,1-2H3,(H2,9,10);1-2H3/b12-7+;3-2-;;. The number of carbonyl (C=O) groups excluding carboxylic acids is 3. The maximum Gasteiger partial charge on any atom is 0.313 e. The second-order valence-corrected chi connectivity index (χ2v) is 13.5. The van der Waals surface area contributed by atoms with Crippen LogP contribution in [0.25, 0.3) is 0 Å². The molecule has 2 amide bonds. The van der Waals surface area contributed by atoms with Crippen LogP contribution < -0.4 is 5.73 Å². The minimum absolute atomic E-state index is 0.0987. The van der Waals surface area contributed by atoms with E-state index in [1.54, 1.807) is 17.0 Å². The van der Waals surface area contributed by atoms with Gasteiger partial charge in [-0.2, -0.15) is 0 Å². The molecule has 3 heterocycles. The quantitative estimate of drug-likeness (QED) is 0.157. The molecule has 3 rings (SSSR count). The van der Waals surface area contributed by atoms with Crippen molar-refractivity contribution in [3.63, 3.8) is 0 Å². The van der Waals surface area contributed by atoms with E-state index < -0.39 is 5.60 Å². The number of ether oxygens (including phenoxy) is 1. The van der Waals surface area contributed by atoms with E-state index >= 15 is 0 Å². The van der Waals surface area contributed by atoms with Crippen LogP contribution in [0.15, 0.2) is 69.3 Å². The number of amides is 2. The Morgan fingerprint density at radius 1 is 1.20 bits per heavy atom. The molecular weight excluding hydrogens is 652 g/mol. The van der Waals surface area contributed by atoms with Gasteiger partial charge in [0, 0.05) is 54.1 Å². The maximum absolute atomic E-state index is 11.9. The molecule has 8 nitrogen and oxygen atoms in total. The number of allylic oxidation sites excluding steroid dienone is 5. The van der Waals surface area contributed by atoms with Crippen molar-refractivity contribution >= 4 is 57.1 Å². The number of halogens is 1. The van der Waals surface area contributed by atoms with Gasteiger partial charge in [0.05, 0.1) is 10.8 Å². The van der Waals surface area contributed by atoms with Crippen molar-refractivity contribution < 1.29 is 19.1 Å². The third kappa shape index (κ3) is 18.5. The van der Waals surface area contributed by atoms with Gasteiger partial charge < -0.3 is 15.4 Å². The number of aliphatic imine (C=N–C) groups is 2. The summed E-state index contributed by atoms with van der Waals surface area (Å²) in [6, 6.07) is 3.73. The molecule has 0 atom stereocenters. The largest absolute Gasteiger partial charge is 0.460 e. The lowest BCUT2D eigenvalue weighted by Gasteiger charge is -2.39. The van der Waals surface area contributed by atoms with Crippen molar-refractivity contribution in [2.24, 2.45) is 21.6 Å². The summed E-state index contributed by atoms with van der Waals surface area (Å²) in [6.45, 7) is 22.3. The molecule has 0 bridgehead atoms. The van der Waals surface area contributed by atoms with Crippen LogP contribution in [0.3, 0.4) is 0 Å². The van der Waals surface area contributed by atoms with Crippen molar-refractivity contribution in [1.29, 1.82) is 0 Å². The molecule has 1 aromatic rings. The molecule has 2 aliphatic rings. The van der Waals surface area contributed by atoms with Gasteiger partial charge in [-0.1, -0.05) is 80.1 Å². The highest BCUT2D eigenvalue weighted by Gasteiger charge is 2.37. The molecule has 1 saturated heterocycles. The third-order valence-corrected chi connectivity index (χ3v) is 7.89. The van der Waals surface area contributed by atoms with Gasteiger partial charge in [-0.3, -0.25) is 14.4 Å². The number of thiophene rings is 1. The number of amidine groups is 1. The van der Waals surface area contributed by atoms with E-state index in [4.69, 9.17) is 10.5 Å². The minimum Gasteiger partial charge on any atom is -0.460 e. The van der Waals surface area contributed by atoms with Gasteiger partial charge in [0.2, 0.25) is 5.91 Å². The summed E-state index contributed by atoms with van der Waals surface area (Å²) in [5.41, 5.74) is 5.77. The molecule has 0 spiro atoms. The number of esters is 1. The zero-order valence-electron chi connectivity index (χ0n) is 28.6. The molecule has 1 aromatic heterocycles. The summed E-state index contributed by atoms with van der Waals surface area (Å²) in [7, 11) is 0. The van der Waals surface area contributed by atoms with E-state index in [2.05, 4.69) is 46.3 Å². The third-order valence-electron chi connectivity index (χ3n) is 5.96. The number of hydrogen-bond acceptors (Lipinski definition) is 7. The lowest BCUT2D eigenvalue weighted by atomic mass is 9.98. The van der Waals surface area contributed by atoms with Gasteiger partial charge in [-0.05, 0) is 59.1 Å². The number of likely N-dealkylation sites (tertiary alicyclic amines) is 1. The Balaban J connectivity index is 0.000000665. The number of carbonyl (C=O) groups is 3. The van der Waals surface area contributed by atoms with Crippen molar-refractivity contribution in [3.8, 4) is 0 Å². The zero-order chi connectivity index (χ0) is 34.6. The Bertz CT molecular complexity index is 1250. The Labute approximate surface area is 283 Å². The molecule has 0 aromatic carbocycles. The smallest absolute Gasteiger partial charge is 0.313 e. The molecule has 0 unspecified atom stereocenters. The van der Waals surface area contributed by atoms with Crippen LogP contribution in [0.5, 0.6) is 0 Å². The van der Waals surface area contributed by atoms with Crippen LogP contribution in [-0.2, 0) is 14.3 Å². The van der Waals surface area contributed by atoms with Gasteiger partial charge in [0.25, 0.3) is 5.91 Å². The second-order valence-electron chi connectivity index (χ2n) is 11.4. The molecular formula is C35H53BrN4O4S. The molecule has 2 N–H and O–H groups in total. The summed E-state index contributed by atoms with van der Waals surface area (Å²) in [5, 5.41) is 0. The zero-order valence-corrected chi connectivity index (χ0v) is 31.0. The van der Waals surface area contributed by atoms with Crippen LogP contribution in [0.2, 0.25) is 0 Å². The van der Waals surface area contributed by atoms with E-state index in [9.17, 15) is 14.4 Å². The van der Waals surface area contributed by atoms with Crippen molar-refractivity contribution in [3.05, 3.63) is 69.0 Å². The lowest BCUT2D eigenvalue weighted by Crippen LogP contribution is -2.54. The molecule has 45 heavy (non-hydrogen) atoms. The topological polar surface area (TPSA) is 114 Å². The molecule has 2 aliphatic heterocycles. The first-order valence-electron chi connectivity index (χ1n) is 15.4. The minimum atomic E-state index is -0.464. The fourth-order valence-corrected chi connectivity index (χ4v) is 4.67. The van der Waals surface area contributed by atoms with E-state index in [0.717, 1.165) is 35.2 Å². The Kier molecular flexibility index (Phi) is 20.9. The molecule has 0 radical (unpaired) electrons. The fourth-order valence-electron chi connectivity index (χ4n) is 3.56. The van der Waals surface area contributed by atoms with Crippen LogP contribution in [0.4, 0.5) is 0 Å². The number of hydrogen-bond donors (Lipinski definition) is 1. The summed E-state index contributed by atoms with van der Waals surface area (Å²) >= 11 is 4.85. The Hall–Kier alpha value is -3.11. The molecule has 10 heteroatoms. The molecule has 250 valence electrons. The lowest BCUT2D eigenvalue weighted by molar-refractivity contribution is -0.167. The highest BCUT2D eigenvalue weighted by Crippen LogP contribution is 2.24. The summed E-state index contributed by atoms with van der Waals surface area (Å²) in [4.78, 5) is 46.3. The predicted molar refractivity (Wildman–Crippen MR) is 194 cm³/mol. The first-order chi connectivity index (χ1) is 21.2. The van der Waals surface area contributed by atoms with E-state index in [1.165, 1.54) is 16.2 Å². The summed E-state index contributed by atoms with van der Waals surface area (Å²) in [5.74, 6) is 0.742. The fraction of sp³-hybridized carbons (Fsp3) is 0.514. The number of rotatable bonds is 9. The monoisotopic (exact) mass is 704 g/mol. The van der Waals surface area contributed by atoms with Gasteiger partial charge in [0.1, 0.15) is 11.4 Å². The van der Waals surface area contributed by atoms with Crippen molar-refractivity contribution in [2.75, 3.05) is 13.1 Å². The SMILES string of the molecule is C/C=C\CC1=NC=C(Br)CC=N1.C=C/C=C(\C)CCC(=O)N1CC(C(=O)OC(C)(C)C)C1.CC.CC(C)c1ccc(C(N)=O)s1. The number of nitrogens with zero attached hydrogens (tertiary/aromatic N) is 3. The van der Waals surface area contributed by atoms with Gasteiger partial charge in [0.15, 0.2) is 0 Å². The van der Waals surface area contributed by atoms with Crippen LogP contribution >= 0.6 is 27.3 Å². The van der Waals surface area contributed by atoms with Gasteiger partial charge >= 0.3 is 5.97 Å². The number of nitrogens with two attached hydrogens (primary N) is 1. The van der Waals surface area contributed by atoms with Crippen LogP contribution in [-0.4, -0.2) is 53.4 Å². The maximum atomic E-state index is 11.9. The van der Waals surface area contributed by atoms with E-state index in [1.807, 2.05) is 85.2 Å². The first kappa shape index (κ1) is 41.9. The van der Waals surface area contributed by atoms with Crippen LogP contribution in [0.1, 0.15) is 108 Å². The van der Waals surface area contributed by atoms with Gasteiger partial charge in [-0.25, -0.2) is 9.98 Å². The summed E-state index contributed by atoms with van der Waals surface area (Å²) in [6.07, 6.45) is 14.2. The molecule has 1 fully saturated rings. The average Bonchev–Trinajstić information content (AvgIpc) is 3.36. The normalized spacial score (nSPS) is 14.7. The molecule has 0 aliphatic carbocycles. The Morgan fingerprint density at radius 3 is 2.33 bits per heavy atom. The highest BCUT2D eigenvalue weighted by atomic mass is 79.9. The number of primary amides is 1.